The third kappa shape index (κ3) is 3.40. The Morgan fingerprint density at radius 1 is 1.42 bits per heavy atom. The number of aromatic amines is 1. The molecule has 0 aliphatic carbocycles. The third-order valence-electron chi connectivity index (χ3n) is 2.77. The van der Waals surface area contributed by atoms with Gasteiger partial charge in [-0.1, -0.05) is 0 Å². The topological polar surface area (TPSA) is 88.5 Å². The smallest absolute Gasteiger partial charge is 0.293 e. The lowest BCUT2D eigenvalue weighted by Gasteiger charge is -2.11. The highest BCUT2D eigenvalue weighted by Crippen LogP contribution is 2.02. The van der Waals surface area contributed by atoms with Crippen molar-refractivity contribution in [3.63, 3.8) is 0 Å². The summed E-state index contributed by atoms with van der Waals surface area (Å²) in [6, 6.07) is 0.130. The predicted octanol–water partition coefficient (Wildman–Crippen LogP) is 0.987. The first-order valence-electron chi connectivity index (χ1n) is 6.33. The minimum absolute atomic E-state index is 0.0860. The summed E-state index contributed by atoms with van der Waals surface area (Å²) in [6.07, 6.45) is 6.47. The van der Waals surface area contributed by atoms with Crippen molar-refractivity contribution in [1.29, 1.82) is 0 Å². The molecular weight excluding hydrogens is 244 g/mol. The lowest BCUT2D eigenvalue weighted by Crippen LogP contribution is -2.26. The molecule has 0 spiro atoms. The van der Waals surface area contributed by atoms with E-state index in [1.807, 2.05) is 13.8 Å². The van der Waals surface area contributed by atoms with Gasteiger partial charge in [0, 0.05) is 31.4 Å². The van der Waals surface area contributed by atoms with Crippen molar-refractivity contribution in [1.82, 2.24) is 24.7 Å². The molecule has 2 rings (SSSR count). The van der Waals surface area contributed by atoms with Crippen LogP contribution in [0.3, 0.4) is 0 Å². The number of aromatic nitrogens is 5. The number of hydrogen-bond donors (Lipinski definition) is 2. The van der Waals surface area contributed by atoms with Crippen molar-refractivity contribution in [2.24, 2.45) is 0 Å². The average molecular weight is 262 g/mol. The van der Waals surface area contributed by atoms with Crippen LogP contribution >= 0.6 is 0 Å². The number of anilines is 1. The zero-order valence-electron chi connectivity index (χ0n) is 11.1. The van der Waals surface area contributed by atoms with E-state index < -0.39 is 0 Å². The monoisotopic (exact) mass is 262 g/mol. The Bertz CT molecular complexity index is 560. The highest BCUT2D eigenvalue weighted by molar-refractivity contribution is 5.30. The van der Waals surface area contributed by atoms with Crippen molar-refractivity contribution in [3.05, 3.63) is 34.9 Å². The summed E-state index contributed by atoms with van der Waals surface area (Å²) in [5.41, 5.74) is -0.0860. The van der Waals surface area contributed by atoms with E-state index in [2.05, 4.69) is 25.5 Å². The van der Waals surface area contributed by atoms with E-state index in [-0.39, 0.29) is 11.6 Å². The number of rotatable bonds is 6. The van der Waals surface area contributed by atoms with Gasteiger partial charge in [0.15, 0.2) is 5.82 Å². The molecule has 102 valence electrons. The third-order valence-corrected chi connectivity index (χ3v) is 2.77. The molecular formula is C12H18N6O. The minimum Gasteiger partial charge on any atom is -0.365 e. The number of aryl methyl sites for hydroxylation is 1. The molecule has 2 aromatic heterocycles. The first-order chi connectivity index (χ1) is 9.18. The molecule has 2 heterocycles. The zero-order valence-corrected chi connectivity index (χ0v) is 11.1. The Kier molecular flexibility index (Phi) is 4.27. The van der Waals surface area contributed by atoms with Gasteiger partial charge >= 0.3 is 0 Å². The fraction of sp³-hybridized carbons (Fsp3) is 0.500. The van der Waals surface area contributed by atoms with Gasteiger partial charge in [0.1, 0.15) is 12.2 Å². The summed E-state index contributed by atoms with van der Waals surface area (Å²) >= 11 is 0. The first kappa shape index (κ1) is 13.3. The van der Waals surface area contributed by atoms with Gasteiger partial charge in [0.05, 0.1) is 0 Å². The van der Waals surface area contributed by atoms with Crippen LogP contribution in [-0.4, -0.2) is 31.3 Å². The van der Waals surface area contributed by atoms with Gasteiger partial charge in [-0.2, -0.15) is 5.10 Å². The van der Waals surface area contributed by atoms with Crippen LogP contribution in [0.5, 0.6) is 0 Å². The van der Waals surface area contributed by atoms with Gasteiger partial charge in [0.25, 0.3) is 5.56 Å². The molecule has 7 nitrogen and oxygen atoms in total. The van der Waals surface area contributed by atoms with Gasteiger partial charge in [-0.25, -0.2) is 9.97 Å². The van der Waals surface area contributed by atoms with E-state index in [0.29, 0.717) is 12.4 Å². The molecule has 0 amide bonds. The van der Waals surface area contributed by atoms with Crippen molar-refractivity contribution < 1.29 is 0 Å². The molecule has 0 saturated carbocycles. The molecule has 7 heteroatoms. The van der Waals surface area contributed by atoms with Crippen LogP contribution in [0.15, 0.2) is 23.5 Å². The Balaban J connectivity index is 1.89. The molecule has 0 unspecified atom stereocenters. The molecule has 0 saturated heterocycles. The van der Waals surface area contributed by atoms with Gasteiger partial charge in [0.2, 0.25) is 0 Å². The second kappa shape index (κ2) is 6.12. The average Bonchev–Trinajstić information content (AvgIpc) is 2.89. The predicted molar refractivity (Wildman–Crippen MR) is 72.1 cm³/mol. The van der Waals surface area contributed by atoms with E-state index in [9.17, 15) is 4.79 Å². The van der Waals surface area contributed by atoms with E-state index in [0.717, 1.165) is 18.7 Å². The van der Waals surface area contributed by atoms with Crippen molar-refractivity contribution >= 4 is 5.82 Å². The van der Waals surface area contributed by atoms with Crippen LogP contribution in [0.4, 0.5) is 5.82 Å². The van der Waals surface area contributed by atoms with Crippen LogP contribution in [-0.2, 0) is 6.42 Å². The van der Waals surface area contributed by atoms with Gasteiger partial charge in [-0.05, 0) is 20.3 Å². The molecule has 0 fully saturated rings. The maximum atomic E-state index is 12.0. The van der Waals surface area contributed by atoms with E-state index in [4.69, 9.17) is 0 Å². The molecule has 0 radical (unpaired) electrons. The quantitative estimate of drug-likeness (QED) is 0.758. The van der Waals surface area contributed by atoms with Gasteiger partial charge in [-0.3, -0.25) is 9.89 Å². The maximum absolute atomic E-state index is 12.0. The SMILES string of the molecule is CC(C)n1ccnc(NCCCc2ncn[nH]2)c1=O. The fourth-order valence-electron chi connectivity index (χ4n) is 1.77. The molecule has 2 N–H and O–H groups in total. The second-order valence-electron chi connectivity index (χ2n) is 4.54. The van der Waals surface area contributed by atoms with Crippen LogP contribution in [0.1, 0.15) is 32.1 Å². The van der Waals surface area contributed by atoms with Crippen LogP contribution < -0.4 is 10.9 Å². The standard InChI is InChI=1S/C12H18N6O/c1-9(2)18-7-6-14-11(12(18)19)13-5-3-4-10-15-8-16-17-10/h6-9H,3-5H2,1-2H3,(H,13,14)(H,15,16,17). The summed E-state index contributed by atoms with van der Waals surface area (Å²) in [5.74, 6) is 1.25. The van der Waals surface area contributed by atoms with Gasteiger partial charge in [-0.15, -0.1) is 0 Å². The molecule has 0 aromatic carbocycles. The highest BCUT2D eigenvalue weighted by Gasteiger charge is 2.06. The van der Waals surface area contributed by atoms with Crippen LogP contribution in [0.2, 0.25) is 0 Å². The lowest BCUT2D eigenvalue weighted by molar-refractivity contribution is 0.575. The zero-order chi connectivity index (χ0) is 13.7. The molecule has 0 bridgehead atoms. The molecule has 19 heavy (non-hydrogen) atoms. The molecule has 0 aliphatic heterocycles. The van der Waals surface area contributed by atoms with Crippen molar-refractivity contribution in [3.8, 4) is 0 Å². The van der Waals surface area contributed by atoms with E-state index in [1.165, 1.54) is 6.33 Å². The van der Waals surface area contributed by atoms with Crippen molar-refractivity contribution in [2.75, 3.05) is 11.9 Å². The Hall–Kier alpha value is -2.18. The molecule has 0 aliphatic rings. The second-order valence-corrected chi connectivity index (χ2v) is 4.54. The maximum Gasteiger partial charge on any atom is 0.293 e. The number of H-pyrrole nitrogens is 1. The molecule has 2 aromatic rings. The summed E-state index contributed by atoms with van der Waals surface area (Å²) in [5, 5.41) is 9.65. The Morgan fingerprint density at radius 2 is 2.26 bits per heavy atom. The summed E-state index contributed by atoms with van der Waals surface area (Å²) in [6.45, 7) is 4.61. The Morgan fingerprint density at radius 3 is 2.95 bits per heavy atom. The largest absolute Gasteiger partial charge is 0.365 e. The highest BCUT2D eigenvalue weighted by atomic mass is 16.1. The number of nitrogens with one attached hydrogen (secondary N) is 2. The lowest BCUT2D eigenvalue weighted by atomic mass is 10.3. The normalized spacial score (nSPS) is 10.9. The van der Waals surface area contributed by atoms with E-state index >= 15 is 0 Å². The van der Waals surface area contributed by atoms with Gasteiger partial charge < -0.3 is 9.88 Å². The summed E-state index contributed by atoms with van der Waals surface area (Å²) in [4.78, 5) is 20.2. The molecule has 0 atom stereocenters. The minimum atomic E-state index is -0.0860. The first-order valence-corrected chi connectivity index (χ1v) is 6.33. The van der Waals surface area contributed by atoms with Crippen LogP contribution in [0.25, 0.3) is 0 Å². The number of hydrogen-bond acceptors (Lipinski definition) is 5. The van der Waals surface area contributed by atoms with Crippen molar-refractivity contribution in [2.45, 2.75) is 32.7 Å². The number of nitrogens with zero attached hydrogens (tertiary/aromatic N) is 4. The summed E-state index contributed by atoms with van der Waals surface area (Å²) in [7, 11) is 0. The Labute approximate surface area is 111 Å². The van der Waals surface area contributed by atoms with Crippen LogP contribution in [0, 0.1) is 0 Å². The van der Waals surface area contributed by atoms with E-state index in [1.54, 1.807) is 17.0 Å². The summed E-state index contributed by atoms with van der Waals surface area (Å²) < 4.78 is 1.66. The fourth-order valence-corrected chi connectivity index (χ4v) is 1.77.